The molecule has 0 aromatic heterocycles. The van der Waals surface area contributed by atoms with E-state index in [9.17, 15) is 17.6 Å². The SMILES string of the molecule is Fc1ccccc1C=C(CCl)c1cc(F)c(F)c(F)c1. The van der Waals surface area contributed by atoms with Crippen molar-refractivity contribution >= 4 is 23.3 Å². The van der Waals surface area contributed by atoms with Gasteiger partial charge in [-0.15, -0.1) is 11.6 Å². The van der Waals surface area contributed by atoms with E-state index >= 15 is 0 Å². The van der Waals surface area contributed by atoms with Crippen molar-refractivity contribution in [1.29, 1.82) is 0 Å². The molecule has 0 N–H and O–H groups in total. The van der Waals surface area contributed by atoms with Crippen LogP contribution >= 0.6 is 11.6 Å². The first-order valence-corrected chi connectivity index (χ1v) is 6.22. The van der Waals surface area contributed by atoms with Gasteiger partial charge in [0.15, 0.2) is 17.5 Å². The second-order valence-corrected chi connectivity index (χ2v) is 4.35. The molecule has 0 aliphatic heterocycles. The summed E-state index contributed by atoms with van der Waals surface area (Å²) in [5, 5.41) is 0. The molecule has 0 atom stereocenters. The van der Waals surface area contributed by atoms with Crippen molar-refractivity contribution in [3.05, 3.63) is 70.8 Å². The minimum atomic E-state index is -1.55. The van der Waals surface area contributed by atoms with E-state index in [0.29, 0.717) is 0 Å². The van der Waals surface area contributed by atoms with Crippen LogP contribution < -0.4 is 0 Å². The molecule has 5 heteroatoms. The average molecular weight is 301 g/mol. The second kappa shape index (κ2) is 6.09. The zero-order valence-corrected chi connectivity index (χ0v) is 10.9. The number of rotatable bonds is 3. The largest absolute Gasteiger partial charge is 0.206 e. The fourth-order valence-corrected chi connectivity index (χ4v) is 1.95. The summed E-state index contributed by atoms with van der Waals surface area (Å²) >= 11 is 5.72. The number of allylic oxidation sites excluding steroid dienone is 1. The van der Waals surface area contributed by atoms with Gasteiger partial charge >= 0.3 is 0 Å². The number of hydrogen-bond donors (Lipinski definition) is 0. The Kier molecular flexibility index (Phi) is 4.45. The Morgan fingerprint density at radius 2 is 1.55 bits per heavy atom. The smallest absolute Gasteiger partial charge is 0.194 e. The Morgan fingerprint density at radius 1 is 0.950 bits per heavy atom. The van der Waals surface area contributed by atoms with Gasteiger partial charge in [0, 0.05) is 11.4 Å². The van der Waals surface area contributed by atoms with Crippen LogP contribution in [0.1, 0.15) is 11.1 Å². The summed E-state index contributed by atoms with van der Waals surface area (Å²) < 4.78 is 52.8. The highest BCUT2D eigenvalue weighted by molar-refractivity contribution is 6.24. The van der Waals surface area contributed by atoms with Crippen molar-refractivity contribution in [3.8, 4) is 0 Å². The minimum absolute atomic E-state index is 0.0691. The molecule has 0 saturated heterocycles. The van der Waals surface area contributed by atoms with Gasteiger partial charge in [0.05, 0.1) is 0 Å². The Labute approximate surface area is 118 Å². The van der Waals surface area contributed by atoms with Gasteiger partial charge in [0.2, 0.25) is 0 Å². The summed E-state index contributed by atoms with van der Waals surface area (Å²) in [4.78, 5) is 0. The molecule has 0 nitrogen and oxygen atoms in total. The minimum Gasteiger partial charge on any atom is -0.206 e. The van der Waals surface area contributed by atoms with Crippen LogP contribution in [-0.2, 0) is 0 Å². The second-order valence-electron chi connectivity index (χ2n) is 4.08. The van der Waals surface area contributed by atoms with Crippen LogP contribution in [0, 0.1) is 23.3 Å². The summed E-state index contributed by atoms with van der Waals surface area (Å²) in [6, 6.07) is 7.54. The molecule has 0 aliphatic carbocycles. The lowest BCUT2D eigenvalue weighted by Crippen LogP contribution is -1.96. The highest BCUT2D eigenvalue weighted by atomic mass is 35.5. The van der Waals surface area contributed by atoms with E-state index in [4.69, 9.17) is 11.6 Å². The monoisotopic (exact) mass is 300 g/mol. The first kappa shape index (κ1) is 14.6. The zero-order chi connectivity index (χ0) is 14.7. The molecule has 0 amide bonds. The molecule has 0 unspecified atom stereocenters. The van der Waals surface area contributed by atoms with Crippen LogP contribution in [0.2, 0.25) is 0 Å². The van der Waals surface area contributed by atoms with Gasteiger partial charge in [-0.25, -0.2) is 17.6 Å². The Morgan fingerprint density at radius 3 is 2.10 bits per heavy atom. The molecule has 2 aromatic carbocycles. The van der Waals surface area contributed by atoms with Crippen LogP contribution in [0.4, 0.5) is 17.6 Å². The third-order valence-electron chi connectivity index (χ3n) is 2.73. The van der Waals surface area contributed by atoms with Crippen LogP contribution in [0.5, 0.6) is 0 Å². The predicted octanol–water partition coefficient (Wildman–Crippen LogP) is 5.02. The van der Waals surface area contributed by atoms with E-state index in [2.05, 4.69) is 0 Å². The van der Waals surface area contributed by atoms with Gasteiger partial charge < -0.3 is 0 Å². The first-order valence-electron chi connectivity index (χ1n) is 5.69. The lowest BCUT2D eigenvalue weighted by atomic mass is 10.0. The van der Waals surface area contributed by atoms with Crippen molar-refractivity contribution in [3.63, 3.8) is 0 Å². The average Bonchev–Trinajstić information content (AvgIpc) is 2.43. The van der Waals surface area contributed by atoms with Crippen LogP contribution in [0.15, 0.2) is 36.4 Å². The lowest BCUT2D eigenvalue weighted by molar-refractivity contribution is 0.446. The molecule has 104 valence electrons. The Balaban J connectivity index is 2.51. The van der Waals surface area contributed by atoms with Gasteiger partial charge in [0.1, 0.15) is 5.82 Å². The summed E-state index contributed by atoms with van der Waals surface area (Å²) in [7, 11) is 0. The molecular formula is C15H9ClF4. The van der Waals surface area contributed by atoms with Crippen molar-refractivity contribution in [2.24, 2.45) is 0 Å². The Hall–Kier alpha value is -1.81. The highest BCUT2D eigenvalue weighted by Crippen LogP contribution is 2.24. The van der Waals surface area contributed by atoms with E-state index < -0.39 is 23.3 Å². The van der Waals surface area contributed by atoms with Crippen LogP contribution in [-0.4, -0.2) is 5.88 Å². The molecule has 2 rings (SSSR count). The maximum absolute atomic E-state index is 13.5. The summed E-state index contributed by atoms with van der Waals surface area (Å²) in [6.45, 7) is 0. The van der Waals surface area contributed by atoms with Crippen molar-refractivity contribution < 1.29 is 17.6 Å². The van der Waals surface area contributed by atoms with Crippen LogP contribution in [0.3, 0.4) is 0 Å². The van der Waals surface area contributed by atoms with Crippen molar-refractivity contribution in [1.82, 2.24) is 0 Å². The molecule has 2 aromatic rings. The standard InChI is InChI=1S/C15H9ClF4/c16-8-11(5-9-3-1-2-4-12(9)17)10-6-13(18)15(20)14(19)7-10/h1-7H,8H2. The number of hydrogen-bond acceptors (Lipinski definition) is 0. The van der Waals surface area contributed by atoms with Crippen molar-refractivity contribution in [2.45, 2.75) is 0 Å². The van der Waals surface area contributed by atoms with E-state index in [-0.39, 0.29) is 22.6 Å². The Bertz CT molecular complexity index is 642. The fourth-order valence-electron chi connectivity index (χ4n) is 1.72. The molecular weight excluding hydrogens is 292 g/mol. The van der Waals surface area contributed by atoms with Gasteiger partial charge in [-0.05, 0) is 35.4 Å². The molecule has 0 saturated carbocycles. The molecule has 0 spiro atoms. The first-order chi connectivity index (χ1) is 9.52. The summed E-state index contributed by atoms with van der Waals surface area (Å²) in [5.41, 5.74) is 0.586. The third-order valence-corrected chi connectivity index (χ3v) is 3.02. The fraction of sp³-hybridized carbons (Fsp3) is 0.0667. The third kappa shape index (κ3) is 3.02. The molecule has 20 heavy (non-hydrogen) atoms. The van der Waals surface area contributed by atoms with E-state index in [1.54, 1.807) is 6.07 Å². The van der Waals surface area contributed by atoms with Crippen molar-refractivity contribution in [2.75, 3.05) is 5.88 Å². The molecule has 0 fully saturated rings. The quantitative estimate of drug-likeness (QED) is 0.323. The summed E-state index contributed by atoms with van der Waals surface area (Å²) in [5.74, 6) is -4.76. The number of benzene rings is 2. The van der Waals surface area contributed by atoms with E-state index in [1.807, 2.05) is 0 Å². The van der Waals surface area contributed by atoms with E-state index in [0.717, 1.165) is 12.1 Å². The predicted molar refractivity (Wildman–Crippen MR) is 71.3 cm³/mol. The highest BCUT2D eigenvalue weighted by Gasteiger charge is 2.13. The maximum Gasteiger partial charge on any atom is 0.194 e. The lowest BCUT2D eigenvalue weighted by Gasteiger charge is -2.07. The topological polar surface area (TPSA) is 0 Å². The molecule has 0 radical (unpaired) electrons. The maximum atomic E-state index is 13.5. The van der Waals surface area contributed by atoms with E-state index in [1.165, 1.54) is 24.3 Å². The van der Waals surface area contributed by atoms with Gasteiger partial charge in [-0.1, -0.05) is 18.2 Å². The molecule has 0 aliphatic rings. The number of halogens is 5. The molecule has 0 bridgehead atoms. The summed E-state index contributed by atoms with van der Waals surface area (Å²) in [6.07, 6.45) is 1.37. The normalized spacial score (nSPS) is 11.8. The zero-order valence-electron chi connectivity index (χ0n) is 10.1. The van der Waals surface area contributed by atoms with Crippen LogP contribution in [0.25, 0.3) is 11.6 Å². The van der Waals surface area contributed by atoms with Gasteiger partial charge in [-0.3, -0.25) is 0 Å². The van der Waals surface area contributed by atoms with Gasteiger partial charge in [0.25, 0.3) is 0 Å². The number of alkyl halides is 1. The van der Waals surface area contributed by atoms with Gasteiger partial charge in [-0.2, -0.15) is 0 Å². The molecule has 0 heterocycles.